The molecule has 20 heavy (non-hydrogen) atoms. The van der Waals surface area contributed by atoms with E-state index in [1.54, 1.807) is 0 Å². The molecule has 1 aromatic rings. The van der Waals surface area contributed by atoms with Gasteiger partial charge in [0.2, 0.25) is 0 Å². The molecular weight excluding hydrogens is 265 g/mol. The van der Waals surface area contributed by atoms with Crippen molar-refractivity contribution < 1.29 is 23.8 Å². The minimum absolute atomic E-state index is 0.0841. The number of carboxylic acids is 1. The van der Waals surface area contributed by atoms with Gasteiger partial charge in [-0.3, -0.25) is 9.59 Å². The van der Waals surface area contributed by atoms with Gasteiger partial charge in [-0.1, -0.05) is 6.92 Å². The highest BCUT2D eigenvalue weighted by atomic mass is 19.1. The van der Waals surface area contributed by atoms with Gasteiger partial charge in [-0.05, 0) is 36.6 Å². The number of hydrogen-bond donors (Lipinski definition) is 2. The minimum Gasteiger partial charge on any atom is -0.484 e. The fourth-order valence-corrected chi connectivity index (χ4v) is 1.49. The number of ether oxygens (including phenoxy) is 1. The average molecular weight is 283 g/mol. The lowest BCUT2D eigenvalue weighted by Crippen LogP contribution is -2.32. The second-order valence-electron chi connectivity index (χ2n) is 4.58. The van der Waals surface area contributed by atoms with E-state index in [2.05, 4.69) is 5.32 Å². The molecule has 0 bridgehead atoms. The molecule has 0 spiro atoms. The van der Waals surface area contributed by atoms with Gasteiger partial charge < -0.3 is 15.2 Å². The molecule has 110 valence electrons. The molecular formula is C14H18FNO4. The van der Waals surface area contributed by atoms with Gasteiger partial charge in [0, 0.05) is 13.0 Å². The number of halogens is 1. The number of benzene rings is 1. The maximum Gasteiger partial charge on any atom is 0.303 e. The Kier molecular flexibility index (Phi) is 6.49. The lowest BCUT2D eigenvalue weighted by molar-refractivity contribution is -0.137. The van der Waals surface area contributed by atoms with Crippen LogP contribution in [0.2, 0.25) is 0 Å². The third-order valence-corrected chi connectivity index (χ3v) is 2.68. The van der Waals surface area contributed by atoms with Crippen LogP contribution in [-0.2, 0) is 9.59 Å². The first-order chi connectivity index (χ1) is 9.47. The van der Waals surface area contributed by atoms with Crippen molar-refractivity contribution in [3.05, 3.63) is 30.1 Å². The molecule has 5 nitrogen and oxygen atoms in total. The van der Waals surface area contributed by atoms with Crippen LogP contribution in [0.25, 0.3) is 0 Å². The van der Waals surface area contributed by atoms with E-state index in [1.165, 1.54) is 24.3 Å². The predicted octanol–water partition coefficient (Wildman–Crippen LogP) is 1.82. The first-order valence-electron chi connectivity index (χ1n) is 6.34. The van der Waals surface area contributed by atoms with Gasteiger partial charge in [0.25, 0.3) is 5.91 Å². The Morgan fingerprint density at radius 3 is 2.60 bits per heavy atom. The molecule has 0 aliphatic rings. The van der Waals surface area contributed by atoms with Crippen molar-refractivity contribution in [3.8, 4) is 5.75 Å². The number of nitrogens with one attached hydrogen (secondary N) is 1. The van der Waals surface area contributed by atoms with Crippen molar-refractivity contribution in [2.24, 2.45) is 5.92 Å². The molecule has 6 heteroatoms. The van der Waals surface area contributed by atoms with Crippen LogP contribution < -0.4 is 10.1 Å². The highest BCUT2D eigenvalue weighted by Gasteiger charge is 2.08. The Bertz CT molecular complexity index is 447. The molecule has 0 radical (unpaired) electrons. The van der Waals surface area contributed by atoms with Crippen molar-refractivity contribution in [1.29, 1.82) is 0 Å². The molecule has 0 aliphatic carbocycles. The third-order valence-electron chi connectivity index (χ3n) is 2.68. The minimum atomic E-state index is -0.845. The summed E-state index contributed by atoms with van der Waals surface area (Å²) in [7, 11) is 0. The summed E-state index contributed by atoms with van der Waals surface area (Å²) in [5.41, 5.74) is 0. The molecule has 0 saturated carbocycles. The fraction of sp³-hybridized carbons (Fsp3) is 0.429. The highest BCUT2D eigenvalue weighted by Crippen LogP contribution is 2.10. The van der Waals surface area contributed by atoms with E-state index < -0.39 is 5.97 Å². The fourth-order valence-electron chi connectivity index (χ4n) is 1.49. The van der Waals surface area contributed by atoms with Gasteiger partial charge in [-0.25, -0.2) is 4.39 Å². The van der Waals surface area contributed by atoms with Crippen molar-refractivity contribution in [1.82, 2.24) is 5.32 Å². The summed E-state index contributed by atoms with van der Waals surface area (Å²) in [6.07, 6.45) is 0.595. The molecule has 0 aliphatic heterocycles. The second kappa shape index (κ2) is 8.14. The first-order valence-corrected chi connectivity index (χ1v) is 6.34. The summed E-state index contributed by atoms with van der Waals surface area (Å²) in [6, 6.07) is 5.39. The Labute approximate surface area is 116 Å². The Balaban J connectivity index is 2.20. The summed E-state index contributed by atoms with van der Waals surface area (Å²) < 4.78 is 17.8. The second-order valence-corrected chi connectivity index (χ2v) is 4.58. The van der Waals surface area contributed by atoms with E-state index >= 15 is 0 Å². The smallest absolute Gasteiger partial charge is 0.303 e. The molecule has 0 saturated heterocycles. The van der Waals surface area contributed by atoms with Crippen LogP contribution in [0.15, 0.2) is 24.3 Å². The van der Waals surface area contributed by atoms with E-state index in [0.29, 0.717) is 18.7 Å². The van der Waals surface area contributed by atoms with Gasteiger partial charge in [-0.15, -0.1) is 0 Å². The largest absolute Gasteiger partial charge is 0.484 e. The van der Waals surface area contributed by atoms with Crippen molar-refractivity contribution in [3.63, 3.8) is 0 Å². The van der Waals surface area contributed by atoms with Crippen LogP contribution in [0.1, 0.15) is 19.8 Å². The van der Waals surface area contributed by atoms with Crippen molar-refractivity contribution in [2.75, 3.05) is 13.2 Å². The number of carboxylic acid groups (broad SMARTS) is 1. The zero-order valence-electron chi connectivity index (χ0n) is 11.3. The number of carbonyl (C=O) groups is 2. The van der Waals surface area contributed by atoms with E-state index in [0.717, 1.165) is 0 Å². The lowest BCUT2D eigenvalue weighted by atomic mass is 10.1. The lowest BCUT2D eigenvalue weighted by Gasteiger charge is -2.12. The topological polar surface area (TPSA) is 75.6 Å². The Morgan fingerprint density at radius 2 is 2.00 bits per heavy atom. The monoisotopic (exact) mass is 283 g/mol. The highest BCUT2D eigenvalue weighted by molar-refractivity contribution is 5.77. The van der Waals surface area contributed by atoms with Gasteiger partial charge in [0.15, 0.2) is 6.61 Å². The van der Waals surface area contributed by atoms with E-state index in [-0.39, 0.29) is 30.7 Å². The zero-order chi connectivity index (χ0) is 15.0. The molecule has 1 aromatic carbocycles. The number of amides is 1. The summed E-state index contributed by atoms with van der Waals surface area (Å²) in [4.78, 5) is 21.9. The van der Waals surface area contributed by atoms with Crippen LogP contribution in [0.3, 0.4) is 0 Å². The molecule has 1 unspecified atom stereocenters. The summed E-state index contributed by atoms with van der Waals surface area (Å²) in [5.74, 6) is -1.00. The zero-order valence-corrected chi connectivity index (χ0v) is 11.3. The molecule has 0 heterocycles. The molecule has 0 aromatic heterocycles. The van der Waals surface area contributed by atoms with Crippen LogP contribution in [0, 0.1) is 11.7 Å². The molecule has 1 atom stereocenters. The number of rotatable bonds is 8. The maximum absolute atomic E-state index is 12.6. The van der Waals surface area contributed by atoms with Crippen LogP contribution in [0.4, 0.5) is 4.39 Å². The number of carbonyl (C=O) groups excluding carboxylic acids is 1. The average Bonchev–Trinajstić information content (AvgIpc) is 2.42. The third kappa shape index (κ3) is 6.72. The van der Waals surface area contributed by atoms with Crippen molar-refractivity contribution in [2.45, 2.75) is 19.8 Å². The maximum atomic E-state index is 12.6. The van der Waals surface area contributed by atoms with Crippen molar-refractivity contribution >= 4 is 11.9 Å². The Morgan fingerprint density at radius 1 is 1.35 bits per heavy atom. The van der Waals surface area contributed by atoms with E-state index in [1.807, 2.05) is 6.92 Å². The molecule has 1 amide bonds. The number of aliphatic carboxylic acids is 1. The SMILES string of the molecule is CC(CCC(=O)O)CNC(=O)COc1ccc(F)cc1. The predicted molar refractivity (Wildman–Crippen MR) is 70.9 cm³/mol. The normalized spacial score (nSPS) is 11.7. The summed E-state index contributed by atoms with van der Waals surface area (Å²) in [6.45, 7) is 2.11. The van der Waals surface area contributed by atoms with Gasteiger partial charge in [-0.2, -0.15) is 0 Å². The Hall–Kier alpha value is -2.11. The summed E-state index contributed by atoms with van der Waals surface area (Å²) in [5, 5.41) is 11.2. The molecule has 1 rings (SSSR count). The van der Waals surface area contributed by atoms with E-state index in [9.17, 15) is 14.0 Å². The van der Waals surface area contributed by atoms with Gasteiger partial charge in [0.1, 0.15) is 11.6 Å². The molecule has 2 N–H and O–H groups in total. The van der Waals surface area contributed by atoms with Crippen LogP contribution >= 0.6 is 0 Å². The van der Waals surface area contributed by atoms with Crippen LogP contribution in [-0.4, -0.2) is 30.1 Å². The van der Waals surface area contributed by atoms with Gasteiger partial charge in [0.05, 0.1) is 0 Å². The van der Waals surface area contributed by atoms with Gasteiger partial charge >= 0.3 is 5.97 Å². The molecule has 0 fully saturated rings. The quantitative estimate of drug-likeness (QED) is 0.763. The number of hydrogen-bond acceptors (Lipinski definition) is 3. The van der Waals surface area contributed by atoms with E-state index in [4.69, 9.17) is 9.84 Å². The first kappa shape index (κ1) is 15.9. The van der Waals surface area contributed by atoms with Crippen LogP contribution in [0.5, 0.6) is 5.75 Å². The standard InChI is InChI=1S/C14H18FNO4/c1-10(2-7-14(18)19)8-16-13(17)9-20-12-5-3-11(15)4-6-12/h3-6,10H,2,7-9H2,1H3,(H,16,17)(H,18,19). The summed E-state index contributed by atoms with van der Waals surface area (Å²) >= 11 is 0.